The molecule has 1 aromatic carbocycles. The number of hydrogen-bond donors (Lipinski definition) is 1. The van der Waals surface area contributed by atoms with Crippen molar-refractivity contribution in [1.29, 1.82) is 0 Å². The second-order valence-corrected chi connectivity index (χ2v) is 4.27. The molecule has 2 aromatic rings. The van der Waals surface area contributed by atoms with Crippen LogP contribution in [0.1, 0.15) is 11.3 Å². The Morgan fingerprint density at radius 2 is 2.07 bits per heavy atom. The Morgan fingerprint density at radius 1 is 1.27 bits per heavy atom. The maximum absolute atomic E-state index is 5.64. The van der Waals surface area contributed by atoms with Gasteiger partial charge in [0.25, 0.3) is 0 Å². The van der Waals surface area contributed by atoms with Crippen molar-refractivity contribution < 1.29 is 4.42 Å². The third kappa shape index (κ3) is 2.13. The summed E-state index contributed by atoms with van der Waals surface area (Å²) >= 11 is 3.46. The summed E-state index contributed by atoms with van der Waals surface area (Å²) in [5, 5.41) is 0. The zero-order valence-corrected chi connectivity index (χ0v) is 10.0. The molecule has 2 N–H and O–H groups in total. The Hall–Kier alpha value is -1.06. The Labute approximate surface area is 97.2 Å². The van der Waals surface area contributed by atoms with Crippen molar-refractivity contribution in [3.8, 4) is 11.3 Å². The second kappa shape index (κ2) is 4.21. The van der Waals surface area contributed by atoms with Crippen molar-refractivity contribution in [2.24, 2.45) is 5.73 Å². The summed E-state index contributed by atoms with van der Waals surface area (Å²) in [5.74, 6) is 1.80. The molecule has 0 aliphatic heterocycles. The summed E-state index contributed by atoms with van der Waals surface area (Å²) in [6.07, 6.45) is 0. The summed E-state index contributed by atoms with van der Waals surface area (Å²) in [6.45, 7) is 2.46. The second-order valence-electron chi connectivity index (χ2n) is 3.42. The van der Waals surface area contributed by atoms with Gasteiger partial charge in [0, 0.05) is 16.6 Å². The van der Waals surface area contributed by atoms with Crippen LogP contribution < -0.4 is 5.73 Å². The first-order chi connectivity index (χ1) is 7.20. The Balaban J connectivity index is 2.45. The first-order valence-corrected chi connectivity index (χ1v) is 5.55. The quantitative estimate of drug-likeness (QED) is 0.903. The van der Waals surface area contributed by atoms with Crippen LogP contribution in [0, 0.1) is 6.92 Å². The fourth-order valence-electron chi connectivity index (χ4n) is 1.47. The molecule has 0 fully saturated rings. The van der Waals surface area contributed by atoms with Gasteiger partial charge < -0.3 is 10.2 Å². The van der Waals surface area contributed by atoms with Crippen molar-refractivity contribution in [2.45, 2.75) is 13.5 Å². The van der Waals surface area contributed by atoms with Crippen LogP contribution in [0.15, 0.2) is 39.2 Å². The number of benzene rings is 1. The van der Waals surface area contributed by atoms with E-state index in [4.69, 9.17) is 10.2 Å². The molecule has 1 heterocycles. The van der Waals surface area contributed by atoms with Crippen molar-refractivity contribution >= 4 is 15.9 Å². The van der Waals surface area contributed by atoms with E-state index in [0.717, 1.165) is 27.1 Å². The molecule has 0 amide bonds. The Kier molecular flexibility index (Phi) is 2.93. The van der Waals surface area contributed by atoms with Crippen LogP contribution in [0.2, 0.25) is 0 Å². The normalized spacial score (nSPS) is 10.6. The van der Waals surface area contributed by atoms with Crippen LogP contribution in [-0.4, -0.2) is 0 Å². The van der Waals surface area contributed by atoms with E-state index in [-0.39, 0.29) is 0 Å². The minimum atomic E-state index is 0.522. The summed E-state index contributed by atoms with van der Waals surface area (Å²) in [5.41, 5.74) is 7.79. The van der Waals surface area contributed by atoms with Crippen molar-refractivity contribution in [2.75, 3.05) is 0 Å². The van der Waals surface area contributed by atoms with E-state index in [1.807, 2.05) is 37.3 Å². The van der Waals surface area contributed by atoms with Crippen molar-refractivity contribution in [1.82, 2.24) is 0 Å². The minimum Gasteiger partial charge on any atom is -0.461 e. The number of halogens is 1. The average molecular weight is 266 g/mol. The molecule has 1 aromatic heterocycles. The van der Waals surface area contributed by atoms with Gasteiger partial charge in [0.1, 0.15) is 11.5 Å². The van der Waals surface area contributed by atoms with Gasteiger partial charge in [-0.1, -0.05) is 22.0 Å². The molecule has 0 aliphatic carbocycles. The van der Waals surface area contributed by atoms with Gasteiger partial charge >= 0.3 is 0 Å². The standard InChI is InChI=1S/C12H12BrNO/c1-8-2-5-12(15-8)9-3-4-11(13)10(6-9)7-14/h2-6H,7,14H2,1H3. The van der Waals surface area contributed by atoms with Gasteiger partial charge in [-0.3, -0.25) is 0 Å². The smallest absolute Gasteiger partial charge is 0.134 e. The lowest BCUT2D eigenvalue weighted by molar-refractivity contribution is 0.548. The maximum atomic E-state index is 5.64. The van der Waals surface area contributed by atoms with Crippen molar-refractivity contribution in [3.05, 3.63) is 46.1 Å². The highest BCUT2D eigenvalue weighted by atomic mass is 79.9. The number of nitrogens with two attached hydrogens (primary N) is 1. The van der Waals surface area contributed by atoms with Crippen LogP contribution in [0.4, 0.5) is 0 Å². The van der Waals surface area contributed by atoms with Gasteiger partial charge in [-0.15, -0.1) is 0 Å². The van der Waals surface area contributed by atoms with Crippen LogP contribution in [0.5, 0.6) is 0 Å². The molecular formula is C12H12BrNO. The van der Waals surface area contributed by atoms with E-state index >= 15 is 0 Å². The lowest BCUT2D eigenvalue weighted by Gasteiger charge is -2.03. The van der Waals surface area contributed by atoms with Crippen molar-refractivity contribution in [3.63, 3.8) is 0 Å². The van der Waals surface area contributed by atoms with E-state index in [9.17, 15) is 0 Å². The lowest BCUT2D eigenvalue weighted by Crippen LogP contribution is -1.97. The highest BCUT2D eigenvalue weighted by molar-refractivity contribution is 9.10. The highest BCUT2D eigenvalue weighted by Crippen LogP contribution is 2.26. The molecule has 0 saturated carbocycles. The predicted molar refractivity (Wildman–Crippen MR) is 64.5 cm³/mol. The monoisotopic (exact) mass is 265 g/mol. The number of rotatable bonds is 2. The molecule has 78 valence electrons. The SMILES string of the molecule is Cc1ccc(-c2ccc(Br)c(CN)c2)o1. The van der Waals surface area contributed by atoms with E-state index in [1.165, 1.54) is 0 Å². The van der Waals surface area contributed by atoms with Gasteiger partial charge in [0.2, 0.25) is 0 Å². The average Bonchev–Trinajstić information content (AvgIpc) is 2.66. The van der Waals surface area contributed by atoms with E-state index in [1.54, 1.807) is 0 Å². The minimum absolute atomic E-state index is 0.522. The third-order valence-corrected chi connectivity index (χ3v) is 3.06. The maximum Gasteiger partial charge on any atom is 0.134 e. The molecule has 2 nitrogen and oxygen atoms in total. The zero-order chi connectivity index (χ0) is 10.8. The molecule has 0 saturated heterocycles. The summed E-state index contributed by atoms with van der Waals surface area (Å²) < 4.78 is 6.59. The molecule has 0 unspecified atom stereocenters. The van der Waals surface area contributed by atoms with Gasteiger partial charge in [-0.25, -0.2) is 0 Å². The number of aryl methyl sites for hydroxylation is 1. The first-order valence-electron chi connectivity index (χ1n) is 4.76. The number of furan rings is 1. The van der Waals surface area contributed by atoms with Gasteiger partial charge in [0.05, 0.1) is 0 Å². The first kappa shape index (κ1) is 10.5. The van der Waals surface area contributed by atoms with Gasteiger partial charge in [0.15, 0.2) is 0 Å². The molecule has 0 radical (unpaired) electrons. The van der Waals surface area contributed by atoms with E-state index in [0.29, 0.717) is 6.54 Å². The van der Waals surface area contributed by atoms with Crippen LogP contribution in [0.3, 0.4) is 0 Å². The Bertz CT molecular complexity index is 476. The van der Waals surface area contributed by atoms with E-state index < -0.39 is 0 Å². The van der Waals surface area contributed by atoms with Crippen LogP contribution in [-0.2, 0) is 6.54 Å². The fraction of sp³-hybridized carbons (Fsp3) is 0.167. The fourth-order valence-corrected chi connectivity index (χ4v) is 1.88. The Morgan fingerprint density at radius 3 is 2.67 bits per heavy atom. The molecular weight excluding hydrogens is 254 g/mol. The molecule has 15 heavy (non-hydrogen) atoms. The molecule has 0 aliphatic rings. The zero-order valence-electron chi connectivity index (χ0n) is 8.46. The number of hydrogen-bond acceptors (Lipinski definition) is 2. The summed E-state index contributed by atoms with van der Waals surface area (Å²) in [6, 6.07) is 9.98. The van der Waals surface area contributed by atoms with Gasteiger partial charge in [-0.2, -0.15) is 0 Å². The lowest BCUT2D eigenvalue weighted by atomic mass is 10.1. The molecule has 2 rings (SSSR count). The summed E-state index contributed by atoms with van der Waals surface area (Å²) in [4.78, 5) is 0. The van der Waals surface area contributed by atoms with Crippen LogP contribution in [0.25, 0.3) is 11.3 Å². The molecule has 0 spiro atoms. The topological polar surface area (TPSA) is 39.2 Å². The van der Waals surface area contributed by atoms with E-state index in [2.05, 4.69) is 15.9 Å². The largest absolute Gasteiger partial charge is 0.461 e. The molecule has 0 atom stereocenters. The highest BCUT2D eigenvalue weighted by Gasteiger charge is 2.05. The third-order valence-electron chi connectivity index (χ3n) is 2.29. The molecule has 0 bridgehead atoms. The molecule has 3 heteroatoms. The van der Waals surface area contributed by atoms with Gasteiger partial charge in [-0.05, 0) is 36.8 Å². The van der Waals surface area contributed by atoms with Crippen LogP contribution >= 0.6 is 15.9 Å². The predicted octanol–water partition coefficient (Wildman–Crippen LogP) is 3.48. The summed E-state index contributed by atoms with van der Waals surface area (Å²) in [7, 11) is 0.